The molecule has 0 aromatic heterocycles. The van der Waals surface area contributed by atoms with Gasteiger partial charge in [-0.25, -0.2) is 0 Å². The van der Waals surface area contributed by atoms with Crippen molar-refractivity contribution in [1.82, 2.24) is 0 Å². The van der Waals surface area contributed by atoms with Crippen LogP contribution < -0.4 is 0 Å². The standard InChI is InChI=1S/C23H26/c1-22(2,3)13-12-16-8-7-9-20-19-11-10-18(23(4,5)6)14-17(19)15-21(16)20/h7-11,14H,15H2,1-6H3. The molecule has 3 rings (SSSR count). The van der Waals surface area contributed by atoms with Crippen LogP contribution in [0.2, 0.25) is 0 Å². The van der Waals surface area contributed by atoms with Gasteiger partial charge in [0.1, 0.15) is 0 Å². The minimum atomic E-state index is 0.0353. The first-order chi connectivity index (χ1) is 10.6. The van der Waals surface area contributed by atoms with Crippen LogP contribution in [0.4, 0.5) is 0 Å². The van der Waals surface area contributed by atoms with Crippen molar-refractivity contribution in [3.63, 3.8) is 0 Å². The Hall–Kier alpha value is -2.00. The predicted octanol–water partition coefficient (Wildman–Crippen LogP) is 5.95. The first kappa shape index (κ1) is 15.9. The van der Waals surface area contributed by atoms with Gasteiger partial charge >= 0.3 is 0 Å². The maximum Gasteiger partial charge on any atom is 0.0287 e. The average Bonchev–Trinajstić information content (AvgIpc) is 2.81. The van der Waals surface area contributed by atoms with E-state index >= 15 is 0 Å². The molecular formula is C23H26. The minimum Gasteiger partial charge on any atom is -0.0919 e. The molecule has 118 valence electrons. The summed E-state index contributed by atoms with van der Waals surface area (Å²) in [7, 11) is 0. The third-order valence-electron chi connectivity index (χ3n) is 4.38. The van der Waals surface area contributed by atoms with E-state index in [0.717, 1.165) is 6.42 Å². The van der Waals surface area contributed by atoms with Gasteiger partial charge in [-0.05, 0) is 66.5 Å². The Bertz CT molecular complexity index is 812. The van der Waals surface area contributed by atoms with Gasteiger partial charge in [0.15, 0.2) is 0 Å². The minimum absolute atomic E-state index is 0.0353. The van der Waals surface area contributed by atoms with Gasteiger partial charge in [-0.1, -0.05) is 62.9 Å². The molecule has 2 aromatic carbocycles. The van der Waals surface area contributed by atoms with Gasteiger partial charge in [0.05, 0.1) is 0 Å². The van der Waals surface area contributed by atoms with Gasteiger partial charge in [0.2, 0.25) is 0 Å². The number of hydrogen-bond donors (Lipinski definition) is 0. The molecule has 2 aromatic rings. The number of rotatable bonds is 0. The summed E-state index contributed by atoms with van der Waals surface area (Å²) in [4.78, 5) is 0. The van der Waals surface area contributed by atoms with Crippen molar-refractivity contribution in [2.24, 2.45) is 5.41 Å². The van der Waals surface area contributed by atoms with Gasteiger partial charge in [-0.2, -0.15) is 0 Å². The van der Waals surface area contributed by atoms with E-state index in [0.29, 0.717) is 0 Å². The van der Waals surface area contributed by atoms with Gasteiger partial charge in [0, 0.05) is 11.0 Å². The van der Waals surface area contributed by atoms with E-state index in [1.165, 1.54) is 33.4 Å². The molecular weight excluding hydrogens is 276 g/mol. The number of fused-ring (bicyclic) bond motifs is 3. The van der Waals surface area contributed by atoms with Crippen LogP contribution in [0.25, 0.3) is 11.1 Å². The highest BCUT2D eigenvalue weighted by atomic mass is 14.3. The molecule has 0 spiro atoms. The number of hydrogen-bond acceptors (Lipinski definition) is 0. The van der Waals surface area contributed by atoms with Gasteiger partial charge in [-0.3, -0.25) is 0 Å². The van der Waals surface area contributed by atoms with Gasteiger partial charge < -0.3 is 0 Å². The summed E-state index contributed by atoms with van der Waals surface area (Å²) in [6, 6.07) is 13.5. The van der Waals surface area contributed by atoms with Crippen LogP contribution in [0.1, 0.15) is 63.8 Å². The summed E-state index contributed by atoms with van der Waals surface area (Å²) in [5.41, 5.74) is 8.40. The fraction of sp³-hybridized carbons (Fsp3) is 0.391. The first-order valence-electron chi connectivity index (χ1n) is 8.44. The smallest absolute Gasteiger partial charge is 0.0287 e. The third-order valence-corrected chi connectivity index (χ3v) is 4.38. The van der Waals surface area contributed by atoms with E-state index in [1.807, 2.05) is 0 Å². The Morgan fingerprint density at radius 2 is 1.61 bits per heavy atom. The molecule has 0 saturated heterocycles. The summed E-state index contributed by atoms with van der Waals surface area (Å²) >= 11 is 0. The molecule has 0 aliphatic heterocycles. The van der Waals surface area contributed by atoms with Gasteiger partial charge in [0.25, 0.3) is 0 Å². The molecule has 1 aliphatic rings. The normalized spacial score (nSPS) is 13.1. The fourth-order valence-corrected chi connectivity index (χ4v) is 3.06. The molecule has 1 aliphatic carbocycles. The van der Waals surface area contributed by atoms with Crippen LogP contribution in [0.15, 0.2) is 36.4 Å². The molecule has 0 nitrogen and oxygen atoms in total. The van der Waals surface area contributed by atoms with Crippen LogP contribution in [-0.4, -0.2) is 0 Å². The molecule has 0 fully saturated rings. The van der Waals surface area contributed by atoms with Crippen LogP contribution in [0, 0.1) is 17.3 Å². The third kappa shape index (κ3) is 3.20. The molecule has 0 radical (unpaired) electrons. The summed E-state index contributed by atoms with van der Waals surface area (Å²) in [5, 5.41) is 0. The lowest BCUT2D eigenvalue weighted by Gasteiger charge is -2.20. The van der Waals surface area contributed by atoms with E-state index in [-0.39, 0.29) is 10.8 Å². The summed E-state index contributed by atoms with van der Waals surface area (Å²) in [6.07, 6.45) is 1.00. The molecule has 0 heterocycles. The van der Waals surface area contributed by atoms with E-state index in [9.17, 15) is 0 Å². The molecule has 0 saturated carbocycles. The first-order valence-corrected chi connectivity index (χ1v) is 8.44. The Kier molecular flexibility index (Phi) is 3.64. The maximum atomic E-state index is 3.41. The largest absolute Gasteiger partial charge is 0.0919 e. The zero-order valence-electron chi connectivity index (χ0n) is 15.2. The molecule has 0 amide bonds. The number of benzene rings is 2. The van der Waals surface area contributed by atoms with Crippen LogP contribution in [-0.2, 0) is 11.8 Å². The maximum absolute atomic E-state index is 3.41. The highest BCUT2D eigenvalue weighted by Gasteiger charge is 2.23. The monoisotopic (exact) mass is 302 g/mol. The van der Waals surface area contributed by atoms with Crippen molar-refractivity contribution in [2.75, 3.05) is 0 Å². The summed E-state index contributed by atoms with van der Waals surface area (Å²) < 4.78 is 0. The van der Waals surface area contributed by atoms with Crippen LogP contribution in [0.5, 0.6) is 0 Å². The van der Waals surface area contributed by atoms with Crippen molar-refractivity contribution in [3.8, 4) is 23.0 Å². The molecule has 0 bridgehead atoms. The SMILES string of the molecule is CC(C)(C)C#Cc1cccc2c1Cc1cc(C(C)(C)C)ccc1-2. The van der Waals surface area contributed by atoms with Crippen LogP contribution in [0.3, 0.4) is 0 Å². The Morgan fingerprint density at radius 1 is 0.870 bits per heavy atom. The highest BCUT2D eigenvalue weighted by Crippen LogP contribution is 2.40. The lowest BCUT2D eigenvalue weighted by molar-refractivity contribution is 0.571. The van der Waals surface area contributed by atoms with Crippen molar-refractivity contribution >= 4 is 0 Å². The van der Waals surface area contributed by atoms with Crippen LogP contribution >= 0.6 is 0 Å². The fourth-order valence-electron chi connectivity index (χ4n) is 3.06. The zero-order chi connectivity index (χ0) is 16.8. The van der Waals surface area contributed by atoms with Crippen molar-refractivity contribution in [1.29, 1.82) is 0 Å². The molecule has 0 unspecified atom stereocenters. The molecule has 0 N–H and O–H groups in total. The predicted molar refractivity (Wildman–Crippen MR) is 99.7 cm³/mol. The molecule has 23 heavy (non-hydrogen) atoms. The average molecular weight is 302 g/mol. The van der Waals surface area contributed by atoms with Gasteiger partial charge in [-0.15, -0.1) is 0 Å². The second kappa shape index (κ2) is 5.27. The summed E-state index contributed by atoms with van der Waals surface area (Å²) in [5.74, 6) is 6.79. The van der Waals surface area contributed by atoms with E-state index < -0.39 is 0 Å². The lowest BCUT2D eigenvalue weighted by Crippen LogP contribution is -2.11. The summed E-state index contributed by atoms with van der Waals surface area (Å²) in [6.45, 7) is 13.3. The van der Waals surface area contributed by atoms with E-state index in [2.05, 4.69) is 89.8 Å². The highest BCUT2D eigenvalue weighted by molar-refractivity contribution is 5.79. The van der Waals surface area contributed by atoms with Crippen molar-refractivity contribution < 1.29 is 0 Å². The van der Waals surface area contributed by atoms with E-state index in [4.69, 9.17) is 0 Å². The van der Waals surface area contributed by atoms with Crippen molar-refractivity contribution in [3.05, 3.63) is 58.7 Å². The Morgan fingerprint density at radius 3 is 2.26 bits per heavy atom. The molecule has 0 atom stereocenters. The molecule has 0 heteroatoms. The lowest BCUT2D eigenvalue weighted by atomic mass is 9.85. The topological polar surface area (TPSA) is 0 Å². The van der Waals surface area contributed by atoms with E-state index in [1.54, 1.807) is 0 Å². The second-order valence-corrected chi connectivity index (χ2v) is 8.63. The Balaban J connectivity index is 2.06. The Labute approximate surface area is 140 Å². The quantitative estimate of drug-likeness (QED) is 0.450. The van der Waals surface area contributed by atoms with Crippen molar-refractivity contribution in [2.45, 2.75) is 53.4 Å². The second-order valence-electron chi connectivity index (χ2n) is 8.63. The zero-order valence-corrected chi connectivity index (χ0v) is 15.2.